The van der Waals surface area contributed by atoms with Gasteiger partial charge in [-0.1, -0.05) is 11.8 Å². The Morgan fingerprint density at radius 3 is 2.25 bits per heavy atom. The molecule has 0 rings (SSSR count). The Labute approximate surface area is 183 Å². The highest BCUT2D eigenvalue weighted by atomic mass is 32.2. The average Bonchev–Trinajstić information content (AvgIpc) is 2.69. The molecule has 0 aromatic rings. The number of ketones is 1. The second-order valence-electron chi connectivity index (χ2n) is 5.85. The number of carbonyl (C=O) groups is 5. The van der Waals surface area contributed by atoms with Gasteiger partial charge in [-0.15, -0.1) is 20.2 Å². The molecule has 180 valence electrons. The Hall–Kier alpha value is -3.54. The Morgan fingerprint density at radius 2 is 1.75 bits per heavy atom. The highest BCUT2D eigenvalue weighted by molar-refractivity contribution is 8.13. The first-order chi connectivity index (χ1) is 14.8. The molecule has 0 radical (unpaired) electrons. The maximum absolute atomic E-state index is 12.2. The number of esters is 1. The topological polar surface area (TPSA) is 258 Å². The molecule has 0 saturated carbocycles. The van der Waals surface area contributed by atoms with E-state index >= 15 is 0 Å². The van der Waals surface area contributed by atoms with E-state index in [0.717, 1.165) is 6.92 Å². The van der Waals surface area contributed by atoms with Gasteiger partial charge in [0.2, 0.25) is 5.78 Å². The second-order valence-corrected chi connectivity index (χ2v) is 6.93. The number of nitrogens with one attached hydrogen (secondary N) is 1. The van der Waals surface area contributed by atoms with E-state index in [0.29, 0.717) is 11.8 Å². The van der Waals surface area contributed by atoms with E-state index in [2.05, 4.69) is 9.68 Å². The number of hydrogen-bond acceptors (Lipinski definition) is 14. The summed E-state index contributed by atoms with van der Waals surface area (Å²) in [5.41, 5.74) is 5.27. The number of carboxylic acid groups (broad SMARTS) is 1. The van der Waals surface area contributed by atoms with Gasteiger partial charge in [0.15, 0.2) is 11.2 Å². The van der Waals surface area contributed by atoms with E-state index in [1.807, 2.05) is 5.32 Å². The third-order valence-corrected chi connectivity index (χ3v) is 4.34. The average molecular weight is 484 g/mol. The van der Waals surface area contributed by atoms with Crippen LogP contribution in [0.1, 0.15) is 19.8 Å². The van der Waals surface area contributed by atoms with Crippen LogP contribution in [0.15, 0.2) is 0 Å². The lowest BCUT2D eigenvalue weighted by Crippen LogP contribution is -2.46. The van der Waals surface area contributed by atoms with Gasteiger partial charge in [-0.2, -0.15) is 0 Å². The molecule has 1 amide bonds. The van der Waals surface area contributed by atoms with Crippen molar-refractivity contribution in [1.29, 1.82) is 0 Å². The van der Waals surface area contributed by atoms with E-state index < -0.39 is 76.1 Å². The summed E-state index contributed by atoms with van der Waals surface area (Å²) in [6.45, 7) is -0.950. The Morgan fingerprint density at radius 1 is 1.12 bits per heavy atom. The van der Waals surface area contributed by atoms with Crippen molar-refractivity contribution >= 4 is 40.5 Å². The van der Waals surface area contributed by atoms with Crippen LogP contribution in [0.2, 0.25) is 0 Å². The number of ether oxygens (including phenoxy) is 1. The molecule has 0 aliphatic carbocycles. The van der Waals surface area contributed by atoms with Gasteiger partial charge < -0.3 is 30.6 Å². The number of nitrogens with zero attached hydrogens (tertiary/aromatic N) is 2. The summed E-state index contributed by atoms with van der Waals surface area (Å²) in [5, 5.41) is 28.2. The van der Waals surface area contributed by atoms with Crippen LogP contribution in [0.3, 0.4) is 0 Å². The van der Waals surface area contributed by atoms with Crippen molar-refractivity contribution < 1.29 is 53.7 Å². The number of carboxylic acids is 1. The van der Waals surface area contributed by atoms with Crippen molar-refractivity contribution in [1.82, 2.24) is 5.32 Å². The van der Waals surface area contributed by atoms with Crippen molar-refractivity contribution in [2.45, 2.75) is 38.0 Å². The largest absolute Gasteiger partial charge is 0.480 e. The number of aliphatic carboxylic acids is 1. The molecule has 0 aliphatic heterocycles. The zero-order valence-corrected chi connectivity index (χ0v) is 17.3. The molecule has 32 heavy (non-hydrogen) atoms. The monoisotopic (exact) mass is 484 g/mol. The normalized spacial score (nSPS) is 13.1. The van der Waals surface area contributed by atoms with Crippen LogP contribution in [0.5, 0.6) is 0 Å². The SMILES string of the molecule is CC(=O)C(=O)N[C@@H](CSC(=O)CC[C@H](N)C(=O)O)C(=O)OC[C@H](CO[N+](=O)[O-])O[N+](=O)[O-]. The molecule has 0 fully saturated rings. The molecule has 4 N–H and O–H groups in total. The third-order valence-electron chi connectivity index (χ3n) is 3.31. The van der Waals surface area contributed by atoms with Gasteiger partial charge in [0.1, 0.15) is 25.3 Å². The predicted octanol–water partition coefficient (Wildman–Crippen LogP) is -2.16. The lowest BCUT2D eigenvalue weighted by Gasteiger charge is -2.19. The number of amides is 1. The Balaban J connectivity index is 4.99. The van der Waals surface area contributed by atoms with E-state index in [4.69, 9.17) is 15.6 Å². The third kappa shape index (κ3) is 12.9. The molecule has 17 nitrogen and oxygen atoms in total. The van der Waals surface area contributed by atoms with Crippen molar-refractivity contribution in [3.8, 4) is 0 Å². The molecule has 0 bridgehead atoms. The maximum Gasteiger partial charge on any atom is 0.329 e. The van der Waals surface area contributed by atoms with Crippen LogP contribution in [0, 0.1) is 20.2 Å². The first-order valence-corrected chi connectivity index (χ1v) is 9.52. The zero-order valence-electron chi connectivity index (χ0n) is 16.5. The van der Waals surface area contributed by atoms with Crippen molar-refractivity contribution in [3.05, 3.63) is 20.2 Å². The van der Waals surface area contributed by atoms with Crippen molar-refractivity contribution in [3.63, 3.8) is 0 Å². The fourth-order valence-electron chi connectivity index (χ4n) is 1.72. The van der Waals surface area contributed by atoms with E-state index in [1.54, 1.807) is 0 Å². The van der Waals surface area contributed by atoms with Crippen molar-refractivity contribution in [2.75, 3.05) is 19.0 Å². The molecule has 0 aliphatic rings. The summed E-state index contributed by atoms with van der Waals surface area (Å²) in [7, 11) is 0. The van der Waals surface area contributed by atoms with E-state index in [1.165, 1.54) is 0 Å². The molecule has 18 heteroatoms. The molecule has 0 unspecified atom stereocenters. The lowest BCUT2D eigenvalue weighted by molar-refractivity contribution is -0.790. The van der Waals surface area contributed by atoms with Gasteiger partial charge in [0.05, 0.1) is 0 Å². The second kappa shape index (κ2) is 14.5. The van der Waals surface area contributed by atoms with E-state index in [-0.39, 0.29) is 12.8 Å². The van der Waals surface area contributed by atoms with Gasteiger partial charge in [-0.3, -0.25) is 19.2 Å². The maximum atomic E-state index is 12.2. The lowest BCUT2D eigenvalue weighted by atomic mass is 10.2. The van der Waals surface area contributed by atoms with Crippen LogP contribution < -0.4 is 11.1 Å². The van der Waals surface area contributed by atoms with Crippen LogP contribution >= 0.6 is 11.8 Å². The number of nitrogens with two attached hydrogens (primary N) is 1. The standard InChI is InChI=1S/C14H20N4O13S/c1-7(19)12(21)16-10(6-32-11(20)3-2-9(15)13(22)23)14(24)29-4-8(31-18(27)28)5-30-17(25)26/h8-10H,2-6,15H2,1H3,(H,16,21)(H,22,23)/t8-,9+,10+/m1/s1. The Bertz CT molecular complexity index is 746. The van der Waals surface area contributed by atoms with Crippen molar-refractivity contribution in [2.24, 2.45) is 5.73 Å². The highest BCUT2D eigenvalue weighted by Crippen LogP contribution is 2.12. The van der Waals surface area contributed by atoms with Gasteiger partial charge >= 0.3 is 11.9 Å². The minimum Gasteiger partial charge on any atom is -0.480 e. The quantitative estimate of drug-likeness (QED) is 0.0911. The summed E-state index contributed by atoms with van der Waals surface area (Å²) in [6, 6.07) is -2.85. The number of carbonyl (C=O) groups excluding carboxylic acids is 4. The van der Waals surface area contributed by atoms with Crippen LogP contribution in [0.4, 0.5) is 0 Å². The van der Waals surface area contributed by atoms with Gasteiger partial charge in [0, 0.05) is 19.1 Å². The fourth-order valence-corrected chi connectivity index (χ4v) is 2.56. The molecule has 0 spiro atoms. The molecule has 0 saturated heterocycles. The van der Waals surface area contributed by atoms with Gasteiger partial charge in [-0.05, 0) is 6.42 Å². The summed E-state index contributed by atoms with van der Waals surface area (Å²) in [5.74, 6) is -5.15. The summed E-state index contributed by atoms with van der Waals surface area (Å²) < 4.78 is 4.72. The van der Waals surface area contributed by atoms with Gasteiger partial charge in [0.25, 0.3) is 16.1 Å². The first kappa shape index (κ1) is 28.5. The number of rotatable bonds is 16. The number of thioether (sulfide) groups is 1. The van der Waals surface area contributed by atoms with Crippen LogP contribution in [-0.2, 0) is 38.4 Å². The van der Waals surface area contributed by atoms with Crippen LogP contribution in [-0.4, -0.2) is 81.2 Å². The molecule has 0 heterocycles. The summed E-state index contributed by atoms with van der Waals surface area (Å²) in [4.78, 5) is 86.1. The summed E-state index contributed by atoms with van der Waals surface area (Å²) >= 11 is 0.512. The minimum atomic E-state index is -1.68. The summed E-state index contributed by atoms with van der Waals surface area (Å²) in [6.07, 6.45) is -2.14. The fraction of sp³-hybridized carbons (Fsp3) is 0.643. The number of Topliss-reactive ketones (excluding diaryl/α,β-unsaturated/α-hetero) is 1. The van der Waals surface area contributed by atoms with Crippen LogP contribution in [0.25, 0.3) is 0 Å². The molecular weight excluding hydrogens is 464 g/mol. The zero-order chi connectivity index (χ0) is 24.8. The molecule has 3 atom stereocenters. The van der Waals surface area contributed by atoms with Gasteiger partial charge in [-0.25, -0.2) is 4.79 Å². The number of hydrogen-bond donors (Lipinski definition) is 3. The molecular formula is C14H20N4O13S. The minimum absolute atomic E-state index is 0.188. The molecule has 0 aromatic heterocycles. The highest BCUT2D eigenvalue weighted by Gasteiger charge is 2.27. The smallest absolute Gasteiger partial charge is 0.329 e. The Kier molecular flexibility index (Phi) is 12.9. The van der Waals surface area contributed by atoms with E-state index in [9.17, 15) is 44.2 Å². The molecule has 0 aromatic carbocycles. The predicted molar refractivity (Wildman–Crippen MR) is 101 cm³/mol. The first-order valence-electron chi connectivity index (χ1n) is 8.54.